The predicted octanol–water partition coefficient (Wildman–Crippen LogP) is 12.3. The zero-order valence-corrected chi connectivity index (χ0v) is 36.0. The van der Waals surface area contributed by atoms with E-state index in [0.717, 1.165) is 34.9 Å². The molecule has 2 spiro atoms. The van der Waals surface area contributed by atoms with Gasteiger partial charge < -0.3 is 24.8 Å². The Morgan fingerprint density at radius 2 is 1.57 bits per heavy atom. The Bertz CT molecular complexity index is 2710. The van der Waals surface area contributed by atoms with Crippen molar-refractivity contribution < 1.29 is 37.4 Å². The maximum absolute atomic E-state index is 15.3. The fourth-order valence-corrected chi connectivity index (χ4v) is 13.3. The third-order valence-corrected chi connectivity index (χ3v) is 16.7. The summed E-state index contributed by atoms with van der Waals surface area (Å²) in [5.41, 5.74) is -2.62. The van der Waals surface area contributed by atoms with Crippen LogP contribution in [0.1, 0.15) is 80.5 Å². The molecule has 0 radical (unpaired) electrons. The second-order valence-corrected chi connectivity index (χ2v) is 19.7. The van der Waals surface area contributed by atoms with Crippen LogP contribution in [0.15, 0.2) is 131 Å². The lowest BCUT2D eigenvalue weighted by molar-refractivity contribution is -0.174. The molecular weight excluding hydrogens is 825 g/mol. The predicted molar refractivity (Wildman–Crippen MR) is 237 cm³/mol. The van der Waals surface area contributed by atoms with Crippen molar-refractivity contribution in [2.45, 2.75) is 83.2 Å². The fourth-order valence-electron chi connectivity index (χ4n) is 13.1. The quantitative estimate of drug-likeness (QED) is 0.106. The van der Waals surface area contributed by atoms with Crippen molar-refractivity contribution in [1.29, 1.82) is 0 Å². The number of para-hydroxylation sites is 1. The summed E-state index contributed by atoms with van der Waals surface area (Å²) in [4.78, 5) is 31.5. The molecule has 8 unspecified atom stereocenters. The van der Waals surface area contributed by atoms with Crippen LogP contribution < -0.4 is 5.32 Å². The minimum absolute atomic E-state index is 0.0207. The highest BCUT2D eigenvalue weighted by atomic mass is 35.5. The number of nitrogens with zero attached hydrogens (tertiary/aromatic N) is 1. The molecule has 6 aliphatic rings. The van der Waals surface area contributed by atoms with E-state index in [1.54, 1.807) is 4.90 Å². The van der Waals surface area contributed by atoms with Gasteiger partial charge in [-0.15, -0.1) is 0 Å². The molecule has 0 aliphatic heterocycles. The van der Waals surface area contributed by atoms with E-state index in [0.29, 0.717) is 49.8 Å². The number of urea groups is 1. The largest absolute Gasteiger partial charge is 0.453 e. The Kier molecular flexibility index (Phi) is 9.75. The monoisotopic (exact) mass is 874 g/mol. The molecule has 7 nitrogen and oxygen atoms in total. The minimum atomic E-state index is -4.61. The van der Waals surface area contributed by atoms with Crippen LogP contribution in [-0.2, 0) is 12.7 Å². The van der Waals surface area contributed by atoms with Crippen LogP contribution >= 0.6 is 11.6 Å². The van der Waals surface area contributed by atoms with Crippen LogP contribution in [0.25, 0.3) is 22.1 Å². The smallest absolute Gasteiger partial charge is 0.416 e. The number of aliphatic hydroxyl groups excluding tert-OH is 1. The Morgan fingerprint density at radius 1 is 0.857 bits per heavy atom. The van der Waals surface area contributed by atoms with Crippen LogP contribution in [0.2, 0.25) is 5.02 Å². The first-order valence-electron chi connectivity index (χ1n) is 21.9. The summed E-state index contributed by atoms with van der Waals surface area (Å²) in [6, 6.07) is 29.0. The van der Waals surface area contributed by atoms with Crippen molar-refractivity contribution in [3.8, 4) is 11.3 Å². The number of anilines is 1. The number of carbonyl (C=O) groups excluding carboxylic acids is 2. The number of ketones is 1. The number of rotatable bonds is 8. The number of aliphatic hydroxyl groups is 2. The lowest BCUT2D eigenvalue weighted by Gasteiger charge is -2.71. The second kappa shape index (κ2) is 14.7. The van der Waals surface area contributed by atoms with E-state index >= 15 is 4.79 Å². The first-order valence-corrected chi connectivity index (χ1v) is 22.3. The maximum Gasteiger partial charge on any atom is 0.416 e. The molecule has 2 amide bonds. The van der Waals surface area contributed by atoms with E-state index in [2.05, 4.69) is 37.4 Å². The number of hydrogen-bond donors (Lipinski definition) is 3. The molecule has 63 heavy (non-hydrogen) atoms. The highest BCUT2D eigenvalue weighted by Gasteiger charge is 2.74. The highest BCUT2D eigenvalue weighted by Crippen LogP contribution is 2.78. The van der Waals surface area contributed by atoms with Gasteiger partial charge in [-0.3, -0.25) is 4.79 Å². The first kappa shape index (κ1) is 41.8. The molecular formula is C52H50ClF3N2O5. The maximum atomic E-state index is 15.3. The van der Waals surface area contributed by atoms with Gasteiger partial charge in [-0.25, -0.2) is 4.79 Å². The number of alkyl halides is 3. The number of furan rings is 1. The summed E-state index contributed by atoms with van der Waals surface area (Å²) < 4.78 is 47.5. The third-order valence-electron chi connectivity index (χ3n) is 16.4. The number of allylic oxidation sites excluding steroid dienone is 4. The van der Waals surface area contributed by atoms with Gasteiger partial charge in [0.1, 0.15) is 5.76 Å². The number of nitrogens with one attached hydrogen (secondary N) is 1. The summed E-state index contributed by atoms with van der Waals surface area (Å²) in [5.74, 6) is -0.605. The molecule has 11 rings (SSSR count). The van der Waals surface area contributed by atoms with Crippen molar-refractivity contribution in [2.24, 2.45) is 33.5 Å². The second-order valence-electron chi connectivity index (χ2n) is 19.3. The van der Waals surface area contributed by atoms with E-state index in [9.17, 15) is 28.2 Å². The SMILES string of the molecule is CC12CCC(O)CC13C=CC1(C(C(=O)c4ccc(-c5cc(C(F)(F)F)ccc5Cl)o4)=C3)C2CCC2(C)C1CCC2(O)CN(Cc1cccc2ccccc12)C(=O)Nc1ccccc1. The van der Waals surface area contributed by atoms with Crippen molar-refractivity contribution in [2.75, 3.05) is 11.9 Å². The van der Waals surface area contributed by atoms with Crippen molar-refractivity contribution in [3.05, 3.63) is 149 Å². The number of fused-ring (bicyclic) bond motifs is 2. The van der Waals surface area contributed by atoms with E-state index in [4.69, 9.17) is 16.0 Å². The van der Waals surface area contributed by atoms with Gasteiger partial charge in [-0.1, -0.05) is 104 Å². The zero-order valence-electron chi connectivity index (χ0n) is 35.2. The molecule has 2 bridgehead atoms. The van der Waals surface area contributed by atoms with E-state index < -0.39 is 39.7 Å². The number of Topliss-reactive ketones (excluding diaryl/α,β-unsaturated/α-hetero) is 1. The Balaban J connectivity index is 1.04. The van der Waals surface area contributed by atoms with E-state index in [1.165, 1.54) is 18.2 Å². The van der Waals surface area contributed by atoms with Gasteiger partial charge >= 0.3 is 12.2 Å². The Labute approximate surface area is 369 Å². The molecule has 326 valence electrons. The topological polar surface area (TPSA) is 103 Å². The van der Waals surface area contributed by atoms with Gasteiger partial charge in [0.25, 0.3) is 0 Å². The van der Waals surface area contributed by atoms with Gasteiger partial charge in [0, 0.05) is 39.6 Å². The lowest BCUT2D eigenvalue weighted by atomic mass is 9.32. The molecule has 5 aromatic rings. The summed E-state index contributed by atoms with van der Waals surface area (Å²) >= 11 is 6.43. The molecule has 3 saturated carbocycles. The van der Waals surface area contributed by atoms with Gasteiger partial charge in [-0.05, 0) is 121 Å². The van der Waals surface area contributed by atoms with Crippen molar-refractivity contribution in [3.63, 3.8) is 0 Å². The molecule has 0 saturated heterocycles. The van der Waals surface area contributed by atoms with Crippen LogP contribution in [0, 0.1) is 33.5 Å². The van der Waals surface area contributed by atoms with E-state index in [1.807, 2.05) is 72.8 Å². The highest BCUT2D eigenvalue weighted by molar-refractivity contribution is 6.33. The Hall–Kier alpha value is -5.16. The number of benzene rings is 4. The number of halogens is 4. The summed E-state index contributed by atoms with van der Waals surface area (Å²) in [6.07, 6.45) is 5.49. The van der Waals surface area contributed by atoms with E-state index in [-0.39, 0.29) is 64.3 Å². The van der Waals surface area contributed by atoms with Gasteiger partial charge in [0.05, 0.1) is 28.8 Å². The lowest BCUT2D eigenvalue weighted by Crippen LogP contribution is -2.67. The van der Waals surface area contributed by atoms with Gasteiger partial charge in [0.2, 0.25) is 5.78 Å². The average Bonchev–Trinajstić information content (AvgIpc) is 3.86. The summed E-state index contributed by atoms with van der Waals surface area (Å²) in [7, 11) is 0. The molecule has 4 aromatic carbocycles. The summed E-state index contributed by atoms with van der Waals surface area (Å²) in [5, 5.41) is 29.7. The van der Waals surface area contributed by atoms with Gasteiger partial charge in [-0.2, -0.15) is 13.2 Å². The van der Waals surface area contributed by atoms with Crippen LogP contribution in [-0.4, -0.2) is 45.2 Å². The third kappa shape index (κ3) is 6.37. The molecule has 11 heteroatoms. The standard InChI is InChI=1S/C52H50ClF3N2O5/c1-47-22-19-36(59)28-49(47)25-26-51(39(29-49)45(60)42-18-17-41(63-42)38-27-34(52(54,55)56)15-16-40(38)53)43(47)20-23-48(2)44(51)21-24-50(48,62)31-58(46(61)57-35-12-4-3-5-13-35)30-33-11-8-10-32-9-6-7-14-37(32)33/h3-18,25-27,29,36,43-44,59,62H,19-24,28,30-31H2,1-2H3,(H,57,61). The molecule has 1 heterocycles. The molecule has 3 N–H and O–H groups in total. The average molecular weight is 875 g/mol. The summed E-state index contributed by atoms with van der Waals surface area (Å²) in [6.45, 7) is 4.72. The number of carbonyl (C=O) groups is 2. The number of hydrogen-bond acceptors (Lipinski definition) is 5. The van der Waals surface area contributed by atoms with Gasteiger partial charge in [0.15, 0.2) is 5.76 Å². The van der Waals surface area contributed by atoms with Crippen LogP contribution in [0.3, 0.4) is 0 Å². The van der Waals surface area contributed by atoms with Crippen molar-refractivity contribution in [1.82, 2.24) is 4.90 Å². The minimum Gasteiger partial charge on any atom is -0.453 e. The Morgan fingerprint density at radius 3 is 2.37 bits per heavy atom. The molecule has 1 aromatic heterocycles. The fraction of sp³-hybridized carbons (Fsp3) is 0.385. The first-order chi connectivity index (χ1) is 30.0. The number of amides is 2. The molecule has 8 atom stereocenters. The molecule has 6 aliphatic carbocycles. The van der Waals surface area contributed by atoms with Crippen LogP contribution in [0.4, 0.5) is 23.7 Å². The molecule has 3 fully saturated rings. The van der Waals surface area contributed by atoms with Crippen LogP contribution in [0.5, 0.6) is 0 Å². The van der Waals surface area contributed by atoms with Crippen molar-refractivity contribution >= 4 is 39.9 Å². The normalized spacial score (nSPS) is 31.8. The zero-order chi connectivity index (χ0) is 44.2.